The van der Waals surface area contributed by atoms with E-state index >= 15 is 0 Å². The molecule has 2 bridgehead atoms. The van der Waals surface area contributed by atoms with Crippen LogP contribution in [-0.4, -0.2) is 6.10 Å². The van der Waals surface area contributed by atoms with Crippen LogP contribution in [0.5, 0.6) is 0 Å². The minimum Gasteiger partial charge on any atom is -0.495 e. The van der Waals surface area contributed by atoms with Gasteiger partial charge in [-0.15, -0.1) is 0 Å². The van der Waals surface area contributed by atoms with Crippen LogP contribution >= 0.6 is 0 Å². The van der Waals surface area contributed by atoms with E-state index in [-0.39, 0.29) is 0 Å². The highest BCUT2D eigenvalue weighted by Crippen LogP contribution is 2.32. The van der Waals surface area contributed by atoms with E-state index in [0.29, 0.717) is 6.10 Å². The maximum atomic E-state index is 5.65. The number of fused-ring (bicyclic) bond motifs is 2. The molecule has 0 spiro atoms. The van der Waals surface area contributed by atoms with Crippen LogP contribution < -0.4 is 0 Å². The fourth-order valence-electron chi connectivity index (χ4n) is 1.92. The van der Waals surface area contributed by atoms with E-state index in [1.807, 2.05) is 0 Å². The first-order chi connectivity index (χ1) is 4.84. The number of rotatable bonds is 0. The molecule has 1 heteroatoms. The maximum absolute atomic E-state index is 5.65. The Morgan fingerprint density at radius 1 is 1.60 bits per heavy atom. The number of ether oxygens (including phenoxy) is 1. The van der Waals surface area contributed by atoms with Crippen molar-refractivity contribution in [3.05, 3.63) is 11.8 Å². The van der Waals surface area contributed by atoms with Crippen molar-refractivity contribution in [2.75, 3.05) is 0 Å². The zero-order chi connectivity index (χ0) is 6.97. The van der Waals surface area contributed by atoms with Crippen molar-refractivity contribution >= 4 is 0 Å². The zero-order valence-electron chi connectivity index (χ0n) is 6.47. The van der Waals surface area contributed by atoms with Gasteiger partial charge in [-0.2, -0.15) is 0 Å². The fraction of sp³-hybridized carbons (Fsp3) is 0.778. The molecule has 2 aliphatic rings. The van der Waals surface area contributed by atoms with Gasteiger partial charge in [0.05, 0.1) is 11.9 Å². The second kappa shape index (κ2) is 2.30. The Hall–Kier alpha value is -0.460. The average Bonchev–Trinajstić information content (AvgIpc) is 1.85. The van der Waals surface area contributed by atoms with Gasteiger partial charge in [-0.05, 0) is 31.3 Å². The Labute approximate surface area is 62.1 Å². The van der Waals surface area contributed by atoms with E-state index in [1.165, 1.54) is 31.4 Å². The van der Waals surface area contributed by atoms with Gasteiger partial charge in [-0.1, -0.05) is 6.92 Å². The summed E-state index contributed by atoms with van der Waals surface area (Å²) in [5, 5.41) is 0. The maximum Gasteiger partial charge on any atom is 0.0988 e. The van der Waals surface area contributed by atoms with Gasteiger partial charge in [-0.3, -0.25) is 0 Å². The SMILES string of the molecule is CC1CC2=CCCC(C1)O2. The van der Waals surface area contributed by atoms with Crippen LogP contribution in [0.25, 0.3) is 0 Å². The summed E-state index contributed by atoms with van der Waals surface area (Å²) in [4.78, 5) is 0. The van der Waals surface area contributed by atoms with Gasteiger partial charge in [0.25, 0.3) is 0 Å². The first kappa shape index (κ1) is 6.26. The standard InChI is InChI=1S/C9H14O/c1-7-5-8-3-2-4-9(6-7)10-8/h3,7,9H,2,4-6H2,1H3. The highest BCUT2D eigenvalue weighted by Gasteiger charge is 2.25. The first-order valence-corrected chi connectivity index (χ1v) is 4.20. The van der Waals surface area contributed by atoms with Crippen molar-refractivity contribution in [3.63, 3.8) is 0 Å². The molecule has 0 radical (unpaired) electrons. The van der Waals surface area contributed by atoms with Crippen molar-refractivity contribution in [1.82, 2.24) is 0 Å². The molecule has 56 valence electrons. The van der Waals surface area contributed by atoms with E-state index in [2.05, 4.69) is 13.0 Å². The monoisotopic (exact) mass is 138 g/mol. The van der Waals surface area contributed by atoms with Gasteiger partial charge in [0.1, 0.15) is 0 Å². The van der Waals surface area contributed by atoms with E-state index in [1.54, 1.807) is 0 Å². The molecule has 2 unspecified atom stereocenters. The lowest BCUT2D eigenvalue weighted by Crippen LogP contribution is -2.25. The topological polar surface area (TPSA) is 9.23 Å². The summed E-state index contributed by atoms with van der Waals surface area (Å²) >= 11 is 0. The predicted molar refractivity (Wildman–Crippen MR) is 40.6 cm³/mol. The lowest BCUT2D eigenvalue weighted by Gasteiger charge is -2.33. The molecular weight excluding hydrogens is 124 g/mol. The van der Waals surface area contributed by atoms with Crippen molar-refractivity contribution in [3.8, 4) is 0 Å². The molecule has 2 aliphatic heterocycles. The van der Waals surface area contributed by atoms with E-state index in [0.717, 1.165) is 5.92 Å². The van der Waals surface area contributed by atoms with Crippen molar-refractivity contribution < 1.29 is 4.74 Å². The second-order valence-electron chi connectivity index (χ2n) is 3.53. The molecule has 0 aliphatic carbocycles. The third kappa shape index (κ3) is 1.05. The first-order valence-electron chi connectivity index (χ1n) is 4.20. The minimum atomic E-state index is 0.559. The molecule has 2 heterocycles. The number of hydrogen-bond acceptors (Lipinski definition) is 1. The largest absolute Gasteiger partial charge is 0.495 e. The molecule has 10 heavy (non-hydrogen) atoms. The molecule has 0 saturated carbocycles. The number of hydrogen-bond donors (Lipinski definition) is 0. The van der Waals surface area contributed by atoms with Crippen molar-refractivity contribution in [2.45, 2.75) is 38.7 Å². The summed E-state index contributed by atoms with van der Waals surface area (Å²) in [5.41, 5.74) is 0. The highest BCUT2D eigenvalue weighted by molar-refractivity contribution is 5.02. The lowest BCUT2D eigenvalue weighted by molar-refractivity contribution is 0.0340. The predicted octanol–water partition coefficient (Wildman–Crippen LogP) is 2.48. The molecule has 0 aromatic carbocycles. The molecule has 1 fully saturated rings. The van der Waals surface area contributed by atoms with E-state index in [4.69, 9.17) is 4.74 Å². The van der Waals surface area contributed by atoms with Crippen LogP contribution in [0.2, 0.25) is 0 Å². The molecule has 0 aromatic rings. The quantitative estimate of drug-likeness (QED) is 0.499. The van der Waals surface area contributed by atoms with Gasteiger partial charge in [0.2, 0.25) is 0 Å². The smallest absolute Gasteiger partial charge is 0.0988 e. The van der Waals surface area contributed by atoms with Crippen LogP contribution in [0.4, 0.5) is 0 Å². The van der Waals surface area contributed by atoms with Crippen molar-refractivity contribution in [1.29, 1.82) is 0 Å². The molecule has 1 saturated heterocycles. The summed E-state index contributed by atoms with van der Waals surface area (Å²) in [6.45, 7) is 2.31. The van der Waals surface area contributed by atoms with Gasteiger partial charge < -0.3 is 4.74 Å². The van der Waals surface area contributed by atoms with Crippen LogP contribution in [0, 0.1) is 5.92 Å². The molecule has 2 rings (SSSR count). The normalized spacial score (nSPS) is 38.3. The molecule has 0 N–H and O–H groups in total. The highest BCUT2D eigenvalue weighted by atomic mass is 16.5. The van der Waals surface area contributed by atoms with Gasteiger partial charge in [-0.25, -0.2) is 0 Å². The van der Waals surface area contributed by atoms with Gasteiger partial charge in [0, 0.05) is 6.42 Å². The molecule has 2 atom stereocenters. The fourth-order valence-corrected chi connectivity index (χ4v) is 1.92. The van der Waals surface area contributed by atoms with Gasteiger partial charge in [0.15, 0.2) is 0 Å². The van der Waals surface area contributed by atoms with Crippen LogP contribution in [-0.2, 0) is 4.74 Å². The summed E-state index contributed by atoms with van der Waals surface area (Å²) < 4.78 is 5.65. The minimum absolute atomic E-state index is 0.559. The summed E-state index contributed by atoms with van der Waals surface area (Å²) in [6.07, 6.45) is 7.75. The van der Waals surface area contributed by atoms with Crippen LogP contribution in [0.15, 0.2) is 11.8 Å². The second-order valence-corrected chi connectivity index (χ2v) is 3.53. The zero-order valence-corrected chi connectivity index (χ0v) is 6.47. The number of allylic oxidation sites excluding steroid dienone is 2. The molecular formula is C9H14O. The van der Waals surface area contributed by atoms with Crippen LogP contribution in [0.1, 0.15) is 32.6 Å². The lowest BCUT2D eigenvalue weighted by atomic mass is 9.90. The Morgan fingerprint density at radius 2 is 2.50 bits per heavy atom. The average molecular weight is 138 g/mol. The molecule has 1 nitrogen and oxygen atoms in total. The Kier molecular flexibility index (Phi) is 1.44. The van der Waals surface area contributed by atoms with Crippen LogP contribution in [0.3, 0.4) is 0 Å². The summed E-state index contributed by atoms with van der Waals surface area (Å²) in [5.74, 6) is 2.11. The third-order valence-corrected chi connectivity index (χ3v) is 2.39. The summed E-state index contributed by atoms with van der Waals surface area (Å²) in [6, 6.07) is 0. The van der Waals surface area contributed by atoms with Crippen molar-refractivity contribution in [2.24, 2.45) is 5.92 Å². The molecule has 0 aromatic heterocycles. The third-order valence-electron chi connectivity index (χ3n) is 2.39. The Bertz CT molecular complexity index is 160. The van der Waals surface area contributed by atoms with Gasteiger partial charge >= 0.3 is 0 Å². The summed E-state index contributed by atoms with van der Waals surface area (Å²) in [7, 11) is 0. The Balaban J connectivity index is 2.12. The van der Waals surface area contributed by atoms with E-state index in [9.17, 15) is 0 Å². The van der Waals surface area contributed by atoms with E-state index < -0.39 is 0 Å². The molecule has 0 amide bonds. The Morgan fingerprint density at radius 3 is 3.30 bits per heavy atom.